The molecule has 0 aliphatic heterocycles. The largest absolute Gasteiger partial charge is 0.406 e. The van der Waals surface area contributed by atoms with Gasteiger partial charge in [0.2, 0.25) is 0 Å². The summed E-state index contributed by atoms with van der Waals surface area (Å²) < 4.78 is 3.08. The number of hydrogen-bond donors (Lipinski definition) is 0. The molecule has 0 unspecified atom stereocenters. The second-order valence-electron chi connectivity index (χ2n) is 4.32. The average molecular weight is 553 g/mol. The maximum atomic E-state index is 4.88. The van der Waals surface area contributed by atoms with Crippen LogP contribution in [0.2, 0.25) is 0 Å². The van der Waals surface area contributed by atoms with Gasteiger partial charge >= 0.3 is 65.9 Å². The minimum atomic E-state index is 0.592. The molecule has 22 heavy (non-hydrogen) atoms. The van der Waals surface area contributed by atoms with Gasteiger partial charge in [-0.1, -0.05) is 23.1 Å². The van der Waals surface area contributed by atoms with Crippen molar-refractivity contribution < 1.29 is 26.1 Å². The predicted molar refractivity (Wildman–Crippen MR) is 90.6 cm³/mol. The van der Waals surface area contributed by atoms with Gasteiger partial charge in [-0.2, -0.15) is 10.2 Å². The number of nitrogens with zero attached hydrogens (tertiary/aromatic N) is 4. The van der Waals surface area contributed by atoms with E-state index in [2.05, 4.69) is 51.6 Å². The van der Waals surface area contributed by atoms with Crippen LogP contribution >= 0.6 is 34.4 Å². The van der Waals surface area contributed by atoms with Gasteiger partial charge in [-0.3, -0.25) is 0 Å². The van der Waals surface area contributed by atoms with Crippen LogP contribution in [0.15, 0.2) is 32.9 Å². The molecule has 0 spiro atoms. The number of aromatic nitrogens is 4. The SMILES string of the molecule is Cc1cc[c]([Hg+])cc1.Cc1nnc(SCc2nnc([S-])s2)s1. The molecule has 0 N–H and O–H groups in total. The van der Waals surface area contributed by atoms with Crippen LogP contribution in [0, 0.1) is 13.8 Å². The van der Waals surface area contributed by atoms with E-state index in [9.17, 15) is 0 Å². The van der Waals surface area contributed by atoms with E-state index in [4.69, 9.17) is 12.6 Å². The summed E-state index contributed by atoms with van der Waals surface area (Å²) >= 11 is 10.3. The van der Waals surface area contributed by atoms with Gasteiger partial charge in [0.05, 0.1) is 0 Å². The van der Waals surface area contributed by atoms with Crippen molar-refractivity contribution in [2.24, 2.45) is 0 Å². The van der Waals surface area contributed by atoms with Crippen molar-refractivity contribution >= 4 is 50.1 Å². The van der Waals surface area contributed by atoms with Gasteiger partial charge in [0.25, 0.3) is 0 Å². The molecule has 0 atom stereocenters. The summed E-state index contributed by atoms with van der Waals surface area (Å²) in [6.07, 6.45) is 0. The van der Waals surface area contributed by atoms with E-state index < -0.39 is 0 Å². The van der Waals surface area contributed by atoms with E-state index in [1.807, 2.05) is 6.92 Å². The fraction of sp³-hybridized carbons (Fsp3) is 0.231. The molecule has 110 valence electrons. The van der Waals surface area contributed by atoms with Crippen molar-refractivity contribution in [3.8, 4) is 0 Å². The second kappa shape index (κ2) is 9.22. The van der Waals surface area contributed by atoms with Crippen LogP contribution in [0.1, 0.15) is 15.6 Å². The molecule has 2 heterocycles. The molecule has 0 bridgehead atoms. The zero-order valence-corrected chi connectivity index (χ0v) is 20.9. The topological polar surface area (TPSA) is 51.6 Å². The fourth-order valence-electron chi connectivity index (χ4n) is 1.34. The van der Waals surface area contributed by atoms with Crippen LogP contribution in [0.3, 0.4) is 0 Å². The average Bonchev–Trinajstić information content (AvgIpc) is 3.09. The first-order valence-electron chi connectivity index (χ1n) is 6.34. The van der Waals surface area contributed by atoms with Crippen LogP contribution < -0.4 is 3.07 Å². The standard InChI is InChI=1S/C7H7.C6H6N4S4.Hg/c1-7-5-3-2-4-6-7;1-3-7-10-6(13-3)12-2-4-8-9-5(11)14-4;/h3-6H,1H3;2H2,1H3,(H,9,11);/q;;+1/p-1. The molecule has 0 aliphatic rings. The van der Waals surface area contributed by atoms with Gasteiger partial charge in [-0.05, 0) is 11.3 Å². The molecule has 1 aromatic carbocycles. The van der Waals surface area contributed by atoms with Crippen LogP contribution in [-0.2, 0) is 44.5 Å². The Morgan fingerprint density at radius 2 is 1.77 bits per heavy atom. The first-order chi connectivity index (χ1) is 10.5. The molecule has 0 saturated heterocycles. The van der Waals surface area contributed by atoms with Crippen molar-refractivity contribution in [1.29, 1.82) is 0 Å². The number of rotatable bonds is 3. The van der Waals surface area contributed by atoms with Gasteiger partial charge in [0, 0.05) is 10.8 Å². The Hall–Kier alpha value is -0.155. The third-order valence-corrected chi connectivity index (χ3v) is 7.44. The number of aryl methyl sites for hydroxylation is 2. The number of thioether (sulfide) groups is 1. The summed E-state index contributed by atoms with van der Waals surface area (Å²) in [6.45, 7) is 4.06. The quantitative estimate of drug-likeness (QED) is 0.283. The Bertz CT molecular complexity index is 650. The Morgan fingerprint density at radius 3 is 2.27 bits per heavy atom. The van der Waals surface area contributed by atoms with Crippen LogP contribution in [0.25, 0.3) is 0 Å². The second-order valence-corrected chi connectivity index (χ2v) is 11.6. The van der Waals surface area contributed by atoms with Crippen molar-refractivity contribution in [3.05, 3.63) is 39.8 Å². The van der Waals surface area contributed by atoms with Crippen molar-refractivity contribution in [1.82, 2.24) is 20.4 Å². The van der Waals surface area contributed by atoms with Gasteiger partial charge < -0.3 is 24.0 Å². The molecule has 0 radical (unpaired) electrons. The third-order valence-electron chi connectivity index (χ3n) is 2.40. The van der Waals surface area contributed by atoms with E-state index in [0.29, 0.717) is 4.34 Å². The minimum Gasteiger partial charge on any atom is -0.406 e. The Balaban J connectivity index is 0.000000188. The van der Waals surface area contributed by atoms with Crippen LogP contribution in [0.4, 0.5) is 0 Å². The number of benzene rings is 1. The molecular formula is C13H12HgN4S4. The number of hydrogen-bond acceptors (Lipinski definition) is 8. The first kappa shape index (κ1) is 18.2. The monoisotopic (exact) mass is 554 g/mol. The molecule has 2 aromatic heterocycles. The van der Waals surface area contributed by atoms with Crippen LogP contribution in [-0.4, -0.2) is 20.4 Å². The fourth-order valence-corrected chi connectivity index (χ4v) is 4.96. The zero-order chi connectivity index (χ0) is 15.9. The molecule has 0 amide bonds. The molecule has 4 nitrogen and oxygen atoms in total. The van der Waals surface area contributed by atoms with Crippen molar-refractivity contribution in [2.45, 2.75) is 28.3 Å². The van der Waals surface area contributed by atoms with Gasteiger partial charge in [-0.15, -0.1) is 10.2 Å². The molecule has 9 heteroatoms. The molecule has 0 saturated carbocycles. The van der Waals surface area contributed by atoms with Crippen molar-refractivity contribution in [2.75, 3.05) is 0 Å². The normalized spacial score (nSPS) is 10.2. The van der Waals surface area contributed by atoms with Gasteiger partial charge in [0.1, 0.15) is 5.01 Å². The van der Waals surface area contributed by atoms with Gasteiger partial charge in [0.15, 0.2) is 4.34 Å². The predicted octanol–water partition coefficient (Wildman–Crippen LogP) is 3.06. The first-order valence-corrected chi connectivity index (χ1v) is 12.1. The van der Waals surface area contributed by atoms with Crippen molar-refractivity contribution in [3.63, 3.8) is 0 Å². The zero-order valence-electron chi connectivity index (χ0n) is 12.1. The van der Waals surface area contributed by atoms with E-state index >= 15 is 0 Å². The molecule has 0 aliphatic carbocycles. The summed E-state index contributed by atoms with van der Waals surface area (Å²) in [4.78, 5) is 0. The Morgan fingerprint density at radius 1 is 1.05 bits per heavy atom. The molecule has 3 aromatic rings. The van der Waals surface area contributed by atoms with E-state index in [1.165, 1.54) is 20.0 Å². The maximum absolute atomic E-state index is 4.88. The summed E-state index contributed by atoms with van der Waals surface area (Å²) in [6, 6.07) is 8.75. The van der Waals surface area contributed by atoms with E-state index in [1.54, 1.807) is 23.1 Å². The Kier molecular flexibility index (Phi) is 7.62. The minimum absolute atomic E-state index is 0.592. The third kappa shape index (κ3) is 6.53. The summed E-state index contributed by atoms with van der Waals surface area (Å²) in [5, 5.41) is 17.6. The van der Waals surface area contributed by atoms with Crippen LogP contribution in [0.5, 0.6) is 0 Å². The molecule has 0 fully saturated rings. The maximum Gasteiger partial charge on any atom is 0.174 e. The molecule has 3 rings (SSSR count). The Labute approximate surface area is 163 Å². The smallest absolute Gasteiger partial charge is 0.174 e. The van der Waals surface area contributed by atoms with Gasteiger partial charge in [-0.25, -0.2) is 0 Å². The summed E-state index contributed by atoms with van der Waals surface area (Å²) in [5.74, 6) is 0.767. The summed E-state index contributed by atoms with van der Waals surface area (Å²) in [7, 11) is 0. The summed E-state index contributed by atoms with van der Waals surface area (Å²) in [5.41, 5.74) is 1.36. The molecular weight excluding hydrogens is 541 g/mol. The van der Waals surface area contributed by atoms with E-state index in [-0.39, 0.29) is 0 Å². The van der Waals surface area contributed by atoms with E-state index in [0.717, 1.165) is 46.2 Å².